The highest BCUT2D eigenvalue weighted by atomic mass is 32.2. The molecule has 2 aromatic carbocycles. The standard InChI is InChI=1S/C16H17NOS/c1-19-15-9-7-13(8-10-15)11-12-17-16(18)14-5-3-2-4-6-14/h2-10H,11-12H2,1H3,(H,17,18). The van der Waals surface area contributed by atoms with Gasteiger partial charge in [0.25, 0.3) is 5.91 Å². The molecule has 2 aromatic rings. The van der Waals surface area contributed by atoms with Crippen LogP contribution < -0.4 is 5.32 Å². The summed E-state index contributed by atoms with van der Waals surface area (Å²) in [6.45, 7) is 0.659. The number of benzene rings is 2. The van der Waals surface area contributed by atoms with Gasteiger partial charge in [0.2, 0.25) is 0 Å². The quantitative estimate of drug-likeness (QED) is 0.845. The Morgan fingerprint density at radius 1 is 1.05 bits per heavy atom. The first kappa shape index (κ1) is 13.7. The number of hydrogen-bond acceptors (Lipinski definition) is 2. The van der Waals surface area contributed by atoms with E-state index in [2.05, 4.69) is 35.8 Å². The van der Waals surface area contributed by atoms with Crippen molar-refractivity contribution in [3.8, 4) is 0 Å². The van der Waals surface area contributed by atoms with Crippen LogP contribution in [0.15, 0.2) is 59.5 Å². The van der Waals surface area contributed by atoms with Crippen LogP contribution in [0, 0.1) is 0 Å². The second-order valence-electron chi connectivity index (χ2n) is 4.22. The molecular formula is C16H17NOS. The van der Waals surface area contributed by atoms with E-state index in [4.69, 9.17) is 0 Å². The van der Waals surface area contributed by atoms with Crippen molar-refractivity contribution in [3.63, 3.8) is 0 Å². The van der Waals surface area contributed by atoms with Gasteiger partial charge < -0.3 is 5.32 Å². The minimum absolute atomic E-state index is 0.0127. The number of hydrogen-bond donors (Lipinski definition) is 1. The average Bonchev–Trinajstić information content (AvgIpc) is 2.49. The van der Waals surface area contributed by atoms with Crippen LogP contribution in [0.2, 0.25) is 0 Å². The maximum absolute atomic E-state index is 11.8. The van der Waals surface area contributed by atoms with E-state index in [0.29, 0.717) is 12.1 Å². The molecule has 0 aliphatic rings. The van der Waals surface area contributed by atoms with Gasteiger partial charge in [-0.25, -0.2) is 0 Å². The van der Waals surface area contributed by atoms with Crippen molar-refractivity contribution in [3.05, 3.63) is 65.7 Å². The molecule has 0 fully saturated rings. The van der Waals surface area contributed by atoms with Crippen molar-refractivity contribution >= 4 is 17.7 Å². The van der Waals surface area contributed by atoms with Gasteiger partial charge in [-0.15, -0.1) is 11.8 Å². The zero-order valence-electron chi connectivity index (χ0n) is 10.9. The summed E-state index contributed by atoms with van der Waals surface area (Å²) < 4.78 is 0. The molecule has 98 valence electrons. The van der Waals surface area contributed by atoms with Gasteiger partial charge >= 0.3 is 0 Å². The fraction of sp³-hybridized carbons (Fsp3) is 0.188. The number of rotatable bonds is 5. The summed E-state index contributed by atoms with van der Waals surface area (Å²) in [4.78, 5) is 13.1. The molecule has 2 rings (SSSR count). The van der Waals surface area contributed by atoms with Gasteiger partial charge in [-0.05, 0) is 42.5 Å². The summed E-state index contributed by atoms with van der Waals surface area (Å²) in [5.41, 5.74) is 1.95. The van der Waals surface area contributed by atoms with Crippen LogP contribution in [0.5, 0.6) is 0 Å². The van der Waals surface area contributed by atoms with Crippen molar-refractivity contribution in [1.82, 2.24) is 5.32 Å². The van der Waals surface area contributed by atoms with Crippen LogP contribution in [0.3, 0.4) is 0 Å². The third-order valence-corrected chi connectivity index (χ3v) is 3.64. The van der Waals surface area contributed by atoms with E-state index in [-0.39, 0.29) is 5.91 Å². The molecule has 0 radical (unpaired) electrons. The highest BCUT2D eigenvalue weighted by molar-refractivity contribution is 7.98. The molecule has 1 N–H and O–H groups in total. The second-order valence-corrected chi connectivity index (χ2v) is 5.10. The Kier molecular flexibility index (Phi) is 5.04. The third kappa shape index (κ3) is 4.14. The minimum Gasteiger partial charge on any atom is -0.352 e. The number of nitrogens with one attached hydrogen (secondary N) is 1. The number of thioether (sulfide) groups is 1. The Bertz CT molecular complexity index is 522. The highest BCUT2D eigenvalue weighted by Crippen LogP contribution is 2.14. The molecule has 0 atom stereocenters. The summed E-state index contributed by atoms with van der Waals surface area (Å²) in [6.07, 6.45) is 2.92. The normalized spacial score (nSPS) is 10.2. The molecule has 0 aliphatic heterocycles. The lowest BCUT2D eigenvalue weighted by molar-refractivity contribution is 0.0954. The summed E-state index contributed by atoms with van der Waals surface area (Å²) in [7, 11) is 0. The maximum atomic E-state index is 11.8. The van der Waals surface area contributed by atoms with Gasteiger partial charge in [0.15, 0.2) is 0 Å². The lowest BCUT2D eigenvalue weighted by Crippen LogP contribution is -2.25. The van der Waals surface area contributed by atoms with Crippen molar-refractivity contribution in [2.75, 3.05) is 12.8 Å². The monoisotopic (exact) mass is 271 g/mol. The van der Waals surface area contributed by atoms with Crippen molar-refractivity contribution in [2.45, 2.75) is 11.3 Å². The van der Waals surface area contributed by atoms with Gasteiger partial charge in [0.1, 0.15) is 0 Å². The Morgan fingerprint density at radius 2 is 1.74 bits per heavy atom. The van der Waals surface area contributed by atoms with E-state index in [0.717, 1.165) is 6.42 Å². The SMILES string of the molecule is CSc1ccc(CCNC(=O)c2ccccc2)cc1. The average molecular weight is 271 g/mol. The summed E-state index contributed by atoms with van der Waals surface area (Å²) >= 11 is 1.73. The van der Waals surface area contributed by atoms with E-state index >= 15 is 0 Å². The van der Waals surface area contributed by atoms with E-state index < -0.39 is 0 Å². The van der Waals surface area contributed by atoms with Gasteiger partial charge in [-0.2, -0.15) is 0 Å². The van der Waals surface area contributed by atoms with Crippen molar-refractivity contribution in [2.24, 2.45) is 0 Å². The van der Waals surface area contributed by atoms with Crippen molar-refractivity contribution < 1.29 is 4.79 Å². The predicted octanol–water partition coefficient (Wildman–Crippen LogP) is 3.38. The van der Waals surface area contributed by atoms with E-state index in [1.54, 1.807) is 11.8 Å². The minimum atomic E-state index is -0.0127. The fourth-order valence-electron chi connectivity index (χ4n) is 1.80. The summed E-state index contributed by atoms with van der Waals surface area (Å²) in [5.74, 6) is -0.0127. The Morgan fingerprint density at radius 3 is 2.37 bits per heavy atom. The predicted molar refractivity (Wildman–Crippen MR) is 80.7 cm³/mol. The molecule has 0 bridgehead atoms. The van der Waals surface area contributed by atoms with E-state index in [1.807, 2.05) is 30.3 Å². The van der Waals surface area contributed by atoms with Crippen LogP contribution in [0.1, 0.15) is 15.9 Å². The van der Waals surface area contributed by atoms with Crippen LogP contribution in [0.25, 0.3) is 0 Å². The van der Waals surface area contributed by atoms with Gasteiger partial charge in [0, 0.05) is 17.0 Å². The van der Waals surface area contributed by atoms with Crippen LogP contribution in [0.4, 0.5) is 0 Å². The third-order valence-electron chi connectivity index (χ3n) is 2.89. The molecular weight excluding hydrogens is 254 g/mol. The van der Waals surface area contributed by atoms with Gasteiger partial charge in [-0.1, -0.05) is 30.3 Å². The van der Waals surface area contributed by atoms with E-state index in [1.165, 1.54) is 10.5 Å². The Labute approximate surface area is 118 Å². The maximum Gasteiger partial charge on any atom is 0.251 e. The number of carbonyl (C=O) groups is 1. The smallest absolute Gasteiger partial charge is 0.251 e. The van der Waals surface area contributed by atoms with Gasteiger partial charge in [-0.3, -0.25) is 4.79 Å². The van der Waals surface area contributed by atoms with Crippen LogP contribution in [-0.2, 0) is 6.42 Å². The Balaban J connectivity index is 1.81. The molecule has 0 saturated heterocycles. The molecule has 1 amide bonds. The molecule has 0 heterocycles. The lowest BCUT2D eigenvalue weighted by atomic mass is 10.1. The molecule has 0 aromatic heterocycles. The molecule has 0 aliphatic carbocycles. The zero-order chi connectivity index (χ0) is 13.5. The number of amides is 1. The zero-order valence-corrected chi connectivity index (χ0v) is 11.7. The molecule has 3 heteroatoms. The topological polar surface area (TPSA) is 29.1 Å². The van der Waals surface area contributed by atoms with E-state index in [9.17, 15) is 4.79 Å². The van der Waals surface area contributed by atoms with Crippen LogP contribution in [-0.4, -0.2) is 18.7 Å². The molecule has 0 unspecified atom stereocenters. The van der Waals surface area contributed by atoms with Gasteiger partial charge in [0.05, 0.1) is 0 Å². The largest absolute Gasteiger partial charge is 0.352 e. The first-order chi connectivity index (χ1) is 9.29. The molecule has 0 spiro atoms. The lowest BCUT2D eigenvalue weighted by Gasteiger charge is -2.06. The van der Waals surface area contributed by atoms with Crippen LogP contribution >= 0.6 is 11.8 Å². The molecule has 0 saturated carbocycles. The first-order valence-electron chi connectivity index (χ1n) is 6.26. The highest BCUT2D eigenvalue weighted by Gasteiger charge is 2.03. The molecule has 19 heavy (non-hydrogen) atoms. The summed E-state index contributed by atoms with van der Waals surface area (Å²) in [6, 6.07) is 17.7. The first-order valence-corrected chi connectivity index (χ1v) is 7.48. The second kappa shape index (κ2) is 7.00. The van der Waals surface area contributed by atoms with Crippen molar-refractivity contribution in [1.29, 1.82) is 0 Å². The molecule has 2 nitrogen and oxygen atoms in total. The fourth-order valence-corrected chi connectivity index (χ4v) is 2.21. The Hall–Kier alpha value is -1.74. The summed E-state index contributed by atoms with van der Waals surface area (Å²) in [5, 5.41) is 2.93. The number of carbonyl (C=O) groups excluding carboxylic acids is 1.